The molecule has 0 saturated carbocycles. The number of hydrazone groups is 1. The van der Waals surface area contributed by atoms with Gasteiger partial charge in [0.2, 0.25) is 0 Å². The van der Waals surface area contributed by atoms with Crippen molar-refractivity contribution in [3.05, 3.63) is 104 Å². The molecule has 3 aliphatic rings. The van der Waals surface area contributed by atoms with E-state index >= 15 is 0 Å². The van der Waals surface area contributed by atoms with Crippen LogP contribution >= 0.6 is 35.0 Å². The second-order valence-corrected chi connectivity index (χ2v) is 9.73. The molecule has 164 valence electrons. The van der Waals surface area contributed by atoms with Gasteiger partial charge in [0.05, 0.1) is 26.7 Å². The summed E-state index contributed by atoms with van der Waals surface area (Å²) in [6.07, 6.45) is 2.54. The molecule has 3 aromatic rings. The van der Waals surface area contributed by atoms with Crippen LogP contribution in [0.15, 0.2) is 82.8 Å². The highest BCUT2D eigenvalue weighted by molar-refractivity contribution is 8.17. The molecule has 0 bridgehead atoms. The van der Waals surface area contributed by atoms with Crippen molar-refractivity contribution in [2.75, 3.05) is 0 Å². The molecule has 0 aliphatic carbocycles. The van der Waals surface area contributed by atoms with Crippen molar-refractivity contribution >= 4 is 52.0 Å². The number of halogens is 2. The molecule has 8 heteroatoms. The number of para-hydroxylation sites is 1. The molecule has 6 rings (SSSR count). The quantitative estimate of drug-likeness (QED) is 0.432. The Labute approximate surface area is 205 Å². The number of carbonyl (C=O) groups excluding carboxylic acids is 1. The van der Waals surface area contributed by atoms with E-state index in [9.17, 15) is 4.79 Å². The number of hydrogen-bond donors (Lipinski definition) is 1. The number of carbonyl (C=O) groups is 1. The minimum Gasteiger partial charge on any atom is -0.444 e. The molecule has 0 aromatic heterocycles. The van der Waals surface area contributed by atoms with E-state index in [2.05, 4.69) is 5.32 Å². The summed E-state index contributed by atoms with van der Waals surface area (Å²) in [7, 11) is 0. The van der Waals surface area contributed by atoms with Gasteiger partial charge in [0.25, 0.3) is 5.24 Å². The van der Waals surface area contributed by atoms with Crippen LogP contribution in [0.5, 0.6) is 5.75 Å². The molecule has 1 fully saturated rings. The Kier molecular flexibility index (Phi) is 4.91. The van der Waals surface area contributed by atoms with Crippen LogP contribution in [0.2, 0.25) is 10.0 Å². The third kappa shape index (κ3) is 3.32. The summed E-state index contributed by atoms with van der Waals surface area (Å²) in [5.41, 5.74) is 3.71. The lowest BCUT2D eigenvalue weighted by Crippen LogP contribution is -2.61. The molecule has 33 heavy (non-hydrogen) atoms. The summed E-state index contributed by atoms with van der Waals surface area (Å²) in [5, 5.41) is 10.5. The fourth-order valence-corrected chi connectivity index (χ4v) is 5.71. The standard InChI is InChI=1S/C25H17Cl2N3O2S/c26-18-11-6-9-16(23(18)27)13-22-25(28-24(31)33-22)30-20(17-10-4-5-12-21(17)32-25)14-19(29-30)15-7-2-1-3-8-15/h1-13,20H,14H2,(H,28,31)/b22-13-/t20-,25-/m0/s1. The molecule has 0 unspecified atom stereocenters. The molecule has 1 amide bonds. The van der Waals surface area contributed by atoms with Gasteiger partial charge < -0.3 is 4.74 Å². The molecule has 1 saturated heterocycles. The van der Waals surface area contributed by atoms with E-state index in [4.69, 9.17) is 33.0 Å². The second kappa shape index (κ2) is 7.83. The normalized spacial score (nSPS) is 24.4. The maximum Gasteiger partial charge on any atom is 0.314 e. The van der Waals surface area contributed by atoms with E-state index < -0.39 is 5.85 Å². The van der Waals surface area contributed by atoms with E-state index in [1.165, 1.54) is 0 Å². The SMILES string of the molecule is O=C1N[C@@]2(Oc3ccccc3[C@@H]3CC(c4ccccc4)=NN32)/C(=C/c2cccc(Cl)c2Cl)S1. The number of nitrogens with zero attached hydrogens (tertiary/aromatic N) is 2. The van der Waals surface area contributed by atoms with Crippen molar-refractivity contribution in [1.82, 2.24) is 10.3 Å². The van der Waals surface area contributed by atoms with Crippen LogP contribution in [0.4, 0.5) is 4.79 Å². The van der Waals surface area contributed by atoms with Crippen molar-refractivity contribution in [1.29, 1.82) is 0 Å². The van der Waals surface area contributed by atoms with Crippen molar-refractivity contribution < 1.29 is 9.53 Å². The van der Waals surface area contributed by atoms with Crippen LogP contribution in [-0.4, -0.2) is 21.8 Å². The molecule has 0 radical (unpaired) electrons. The smallest absolute Gasteiger partial charge is 0.314 e. The molecule has 1 spiro atoms. The van der Waals surface area contributed by atoms with Crippen LogP contribution in [0, 0.1) is 0 Å². The van der Waals surface area contributed by atoms with Gasteiger partial charge in [0, 0.05) is 12.0 Å². The predicted molar refractivity (Wildman–Crippen MR) is 133 cm³/mol. The van der Waals surface area contributed by atoms with Crippen LogP contribution in [0.1, 0.15) is 29.2 Å². The molecule has 3 aliphatic heterocycles. The van der Waals surface area contributed by atoms with Crippen molar-refractivity contribution in [3.63, 3.8) is 0 Å². The van der Waals surface area contributed by atoms with E-state index in [1.54, 1.807) is 6.07 Å². The third-order valence-electron chi connectivity index (χ3n) is 5.95. The summed E-state index contributed by atoms with van der Waals surface area (Å²) < 4.78 is 6.53. The highest BCUT2D eigenvalue weighted by Gasteiger charge is 2.58. The van der Waals surface area contributed by atoms with Crippen LogP contribution in [0.3, 0.4) is 0 Å². The Bertz CT molecular complexity index is 1340. The summed E-state index contributed by atoms with van der Waals surface area (Å²) in [4.78, 5) is 13.4. The second-order valence-electron chi connectivity index (χ2n) is 7.93. The van der Waals surface area contributed by atoms with Gasteiger partial charge in [-0.15, -0.1) is 0 Å². The zero-order valence-corrected chi connectivity index (χ0v) is 19.5. The molecular formula is C25H17Cl2N3O2S. The number of rotatable bonds is 2. The van der Waals surface area contributed by atoms with Gasteiger partial charge in [-0.2, -0.15) is 5.10 Å². The first-order valence-corrected chi connectivity index (χ1v) is 12.0. The minimum absolute atomic E-state index is 0.0950. The molecular weight excluding hydrogens is 477 g/mol. The van der Waals surface area contributed by atoms with Gasteiger partial charge in [-0.25, -0.2) is 5.01 Å². The Morgan fingerprint density at radius 2 is 1.85 bits per heavy atom. The van der Waals surface area contributed by atoms with Gasteiger partial charge in [-0.05, 0) is 41.1 Å². The van der Waals surface area contributed by atoms with Crippen molar-refractivity contribution in [2.24, 2.45) is 5.10 Å². The Balaban J connectivity index is 1.53. The van der Waals surface area contributed by atoms with E-state index in [-0.39, 0.29) is 11.3 Å². The average Bonchev–Trinajstić information content (AvgIpc) is 3.40. The monoisotopic (exact) mass is 493 g/mol. The Morgan fingerprint density at radius 1 is 1.06 bits per heavy atom. The zero-order valence-electron chi connectivity index (χ0n) is 17.2. The molecule has 5 nitrogen and oxygen atoms in total. The first-order chi connectivity index (χ1) is 16.0. The summed E-state index contributed by atoms with van der Waals surface area (Å²) in [5.74, 6) is -0.558. The van der Waals surface area contributed by atoms with Gasteiger partial charge in [0.1, 0.15) is 5.75 Å². The van der Waals surface area contributed by atoms with Gasteiger partial charge >= 0.3 is 5.85 Å². The van der Waals surface area contributed by atoms with Crippen LogP contribution < -0.4 is 10.1 Å². The highest BCUT2D eigenvalue weighted by Crippen LogP contribution is 2.53. The highest BCUT2D eigenvalue weighted by atomic mass is 35.5. The topological polar surface area (TPSA) is 53.9 Å². The summed E-state index contributed by atoms with van der Waals surface area (Å²) in [6, 6.07) is 23.3. The maximum absolute atomic E-state index is 12.7. The first kappa shape index (κ1) is 20.7. The van der Waals surface area contributed by atoms with Crippen LogP contribution in [0.25, 0.3) is 6.08 Å². The van der Waals surface area contributed by atoms with Gasteiger partial charge in [0.15, 0.2) is 0 Å². The minimum atomic E-state index is -1.27. The number of fused-ring (bicyclic) bond motifs is 4. The first-order valence-electron chi connectivity index (χ1n) is 10.4. The Morgan fingerprint density at radius 3 is 2.70 bits per heavy atom. The van der Waals surface area contributed by atoms with Crippen molar-refractivity contribution in [2.45, 2.75) is 18.3 Å². The molecule has 2 atom stereocenters. The van der Waals surface area contributed by atoms with Gasteiger partial charge in [-0.1, -0.05) is 83.9 Å². The van der Waals surface area contributed by atoms with Gasteiger partial charge in [-0.3, -0.25) is 10.1 Å². The lowest BCUT2D eigenvalue weighted by molar-refractivity contribution is -0.0949. The fraction of sp³-hybridized carbons (Fsp3) is 0.120. The predicted octanol–water partition coefficient (Wildman–Crippen LogP) is 6.69. The number of thioether (sulfide) groups is 1. The van der Waals surface area contributed by atoms with E-state index in [1.807, 2.05) is 77.8 Å². The Hall–Kier alpha value is -2.93. The lowest BCUT2D eigenvalue weighted by atomic mass is 9.95. The third-order valence-corrected chi connectivity index (χ3v) is 7.69. The van der Waals surface area contributed by atoms with E-state index in [0.717, 1.165) is 28.6 Å². The largest absolute Gasteiger partial charge is 0.444 e. The molecule has 3 aromatic carbocycles. The summed E-state index contributed by atoms with van der Waals surface area (Å²) >= 11 is 13.8. The summed E-state index contributed by atoms with van der Waals surface area (Å²) in [6.45, 7) is 0. The maximum atomic E-state index is 12.7. The number of nitrogens with one attached hydrogen (secondary N) is 1. The zero-order chi connectivity index (χ0) is 22.6. The number of benzene rings is 3. The van der Waals surface area contributed by atoms with Crippen molar-refractivity contribution in [3.8, 4) is 5.75 Å². The molecule has 1 N–H and O–H groups in total. The van der Waals surface area contributed by atoms with Crippen LogP contribution in [-0.2, 0) is 0 Å². The average molecular weight is 494 g/mol. The number of hydrogen-bond acceptors (Lipinski definition) is 5. The number of amides is 1. The number of ether oxygens (including phenoxy) is 1. The fourth-order valence-electron chi connectivity index (χ4n) is 4.44. The lowest BCUT2D eigenvalue weighted by Gasteiger charge is -2.45. The molecule has 3 heterocycles. The van der Waals surface area contributed by atoms with E-state index in [0.29, 0.717) is 32.7 Å².